The summed E-state index contributed by atoms with van der Waals surface area (Å²) in [5.41, 5.74) is 1.43. The summed E-state index contributed by atoms with van der Waals surface area (Å²) in [5.74, 6) is -1.03. The number of rotatable bonds is 13. The Labute approximate surface area is 283 Å². The molecule has 0 spiro atoms. The van der Waals surface area contributed by atoms with E-state index in [0.717, 1.165) is 9.87 Å². The van der Waals surface area contributed by atoms with Crippen molar-refractivity contribution in [1.29, 1.82) is 0 Å². The van der Waals surface area contributed by atoms with Crippen molar-refractivity contribution >= 4 is 73.9 Å². The lowest BCUT2D eigenvalue weighted by Crippen LogP contribution is -2.53. The molecule has 0 aromatic heterocycles. The van der Waals surface area contributed by atoms with Crippen LogP contribution < -0.4 is 9.62 Å². The summed E-state index contributed by atoms with van der Waals surface area (Å²) in [7, 11) is -4.32. The van der Waals surface area contributed by atoms with E-state index in [1.54, 1.807) is 42.5 Å². The first kappa shape index (κ1) is 34.6. The molecule has 2 amide bonds. The highest BCUT2D eigenvalue weighted by Gasteiger charge is 2.35. The van der Waals surface area contributed by atoms with Crippen LogP contribution in [0.1, 0.15) is 24.5 Å². The Bertz CT molecular complexity index is 1740. The zero-order chi connectivity index (χ0) is 32.6. The van der Waals surface area contributed by atoms with Gasteiger partial charge in [-0.05, 0) is 53.9 Å². The van der Waals surface area contributed by atoms with Gasteiger partial charge in [-0.25, -0.2) is 8.42 Å². The van der Waals surface area contributed by atoms with Crippen molar-refractivity contribution in [1.82, 2.24) is 10.2 Å². The standard InChI is InChI=1S/C33H31Cl4N3O4S/c1-2-18-38-33(42)30(20-23-10-5-3-6-11-23)39(21-24-16-17-26(34)28(36)19-24)31(41)22-40(29-15-9-14-27(35)32(29)37)45(43,44)25-12-7-4-8-13-25/h3-17,19,30H,2,18,20-22H2,1H3,(H,38,42)/t30-/m0/s1. The minimum atomic E-state index is -4.32. The molecule has 0 saturated heterocycles. The van der Waals surface area contributed by atoms with E-state index in [-0.39, 0.29) is 44.5 Å². The molecule has 0 aliphatic rings. The summed E-state index contributed by atoms with van der Waals surface area (Å²) in [6, 6.07) is 25.4. The number of hydrogen-bond donors (Lipinski definition) is 1. The molecule has 1 N–H and O–H groups in total. The van der Waals surface area contributed by atoms with Gasteiger partial charge >= 0.3 is 0 Å². The van der Waals surface area contributed by atoms with Crippen molar-refractivity contribution in [3.63, 3.8) is 0 Å². The van der Waals surface area contributed by atoms with Crippen LogP contribution in [0, 0.1) is 0 Å². The van der Waals surface area contributed by atoms with E-state index in [0.29, 0.717) is 23.6 Å². The van der Waals surface area contributed by atoms with Crippen LogP contribution in [0.2, 0.25) is 20.1 Å². The summed E-state index contributed by atoms with van der Waals surface area (Å²) >= 11 is 25.3. The maximum absolute atomic E-state index is 14.5. The Morgan fingerprint density at radius 1 is 0.778 bits per heavy atom. The predicted molar refractivity (Wildman–Crippen MR) is 182 cm³/mol. The molecular weight excluding hydrogens is 676 g/mol. The van der Waals surface area contributed by atoms with Crippen LogP contribution in [0.5, 0.6) is 0 Å². The molecule has 0 aliphatic heterocycles. The molecule has 0 bridgehead atoms. The maximum Gasteiger partial charge on any atom is 0.264 e. The van der Waals surface area contributed by atoms with Gasteiger partial charge in [-0.1, -0.05) is 114 Å². The molecule has 236 valence electrons. The monoisotopic (exact) mass is 705 g/mol. The highest BCUT2D eigenvalue weighted by molar-refractivity contribution is 7.92. The minimum absolute atomic E-state index is 0.0194. The van der Waals surface area contributed by atoms with E-state index in [1.165, 1.54) is 29.2 Å². The van der Waals surface area contributed by atoms with Crippen molar-refractivity contribution in [3.05, 3.63) is 128 Å². The molecule has 1 atom stereocenters. The number of halogens is 4. The van der Waals surface area contributed by atoms with Gasteiger partial charge in [0.15, 0.2) is 0 Å². The van der Waals surface area contributed by atoms with Crippen LogP contribution in [0.3, 0.4) is 0 Å². The van der Waals surface area contributed by atoms with E-state index in [9.17, 15) is 18.0 Å². The predicted octanol–water partition coefficient (Wildman–Crippen LogP) is 7.66. The van der Waals surface area contributed by atoms with E-state index in [2.05, 4.69) is 5.32 Å². The summed E-state index contributed by atoms with van der Waals surface area (Å²) in [6.45, 7) is 1.58. The molecule has 0 aliphatic carbocycles. The third kappa shape index (κ3) is 8.71. The number of sulfonamides is 1. The fourth-order valence-electron chi connectivity index (χ4n) is 4.67. The quantitative estimate of drug-likeness (QED) is 0.155. The molecule has 0 heterocycles. The number of carbonyl (C=O) groups excluding carboxylic acids is 2. The second-order valence-corrected chi connectivity index (χ2v) is 13.6. The second-order valence-electron chi connectivity index (χ2n) is 10.2. The van der Waals surface area contributed by atoms with Gasteiger partial charge in [0.05, 0.1) is 30.7 Å². The van der Waals surface area contributed by atoms with E-state index in [1.807, 2.05) is 37.3 Å². The molecule has 0 radical (unpaired) electrons. The summed E-state index contributed by atoms with van der Waals surface area (Å²) in [5, 5.41) is 3.58. The van der Waals surface area contributed by atoms with Crippen molar-refractivity contribution < 1.29 is 18.0 Å². The van der Waals surface area contributed by atoms with Crippen molar-refractivity contribution in [2.45, 2.75) is 37.2 Å². The normalized spacial score (nSPS) is 11.9. The molecule has 12 heteroatoms. The van der Waals surface area contributed by atoms with Crippen LogP contribution in [0.25, 0.3) is 0 Å². The zero-order valence-electron chi connectivity index (χ0n) is 24.3. The maximum atomic E-state index is 14.5. The van der Waals surface area contributed by atoms with Gasteiger partial charge in [0.2, 0.25) is 11.8 Å². The second kappa shape index (κ2) is 15.8. The molecule has 0 fully saturated rings. The van der Waals surface area contributed by atoms with Crippen molar-refractivity contribution in [2.75, 3.05) is 17.4 Å². The third-order valence-electron chi connectivity index (χ3n) is 6.97. The number of carbonyl (C=O) groups is 2. The molecule has 4 aromatic carbocycles. The molecule has 7 nitrogen and oxygen atoms in total. The lowest BCUT2D eigenvalue weighted by Gasteiger charge is -2.34. The Hall–Kier alpha value is -3.27. The highest BCUT2D eigenvalue weighted by Crippen LogP contribution is 2.35. The average molecular weight is 708 g/mol. The Morgan fingerprint density at radius 2 is 1.44 bits per heavy atom. The lowest BCUT2D eigenvalue weighted by atomic mass is 10.0. The average Bonchev–Trinajstić information content (AvgIpc) is 3.04. The van der Waals surface area contributed by atoms with Crippen LogP contribution in [-0.2, 0) is 32.6 Å². The van der Waals surface area contributed by atoms with Gasteiger partial charge in [0, 0.05) is 19.5 Å². The number of nitrogens with one attached hydrogen (secondary N) is 1. The molecule has 0 saturated carbocycles. The van der Waals surface area contributed by atoms with Gasteiger partial charge < -0.3 is 10.2 Å². The minimum Gasteiger partial charge on any atom is -0.354 e. The number of anilines is 1. The fraction of sp³-hybridized carbons (Fsp3) is 0.212. The van der Waals surface area contributed by atoms with Gasteiger partial charge in [-0.15, -0.1) is 0 Å². The van der Waals surface area contributed by atoms with Crippen LogP contribution in [0.4, 0.5) is 5.69 Å². The van der Waals surface area contributed by atoms with Crippen LogP contribution in [-0.4, -0.2) is 44.3 Å². The summed E-state index contributed by atoms with van der Waals surface area (Å²) < 4.78 is 29.1. The number of benzene rings is 4. The highest BCUT2D eigenvalue weighted by atomic mass is 35.5. The number of nitrogens with zero attached hydrogens (tertiary/aromatic N) is 2. The Kier molecular flexibility index (Phi) is 12.2. The first-order chi connectivity index (χ1) is 21.5. The lowest BCUT2D eigenvalue weighted by molar-refractivity contribution is -0.140. The van der Waals surface area contributed by atoms with Crippen LogP contribution in [0.15, 0.2) is 102 Å². The Balaban J connectivity index is 1.83. The van der Waals surface area contributed by atoms with Crippen molar-refractivity contribution in [2.24, 2.45) is 0 Å². The number of hydrogen-bond acceptors (Lipinski definition) is 4. The summed E-state index contributed by atoms with van der Waals surface area (Å²) in [4.78, 5) is 29.5. The topological polar surface area (TPSA) is 86.8 Å². The largest absolute Gasteiger partial charge is 0.354 e. The van der Waals surface area contributed by atoms with E-state index < -0.39 is 28.5 Å². The molecular formula is C33H31Cl4N3O4S. The van der Waals surface area contributed by atoms with Gasteiger partial charge in [0.25, 0.3) is 10.0 Å². The zero-order valence-corrected chi connectivity index (χ0v) is 28.1. The van der Waals surface area contributed by atoms with E-state index in [4.69, 9.17) is 46.4 Å². The van der Waals surface area contributed by atoms with Gasteiger partial charge in [0.1, 0.15) is 12.6 Å². The first-order valence-electron chi connectivity index (χ1n) is 14.1. The number of amides is 2. The first-order valence-corrected chi connectivity index (χ1v) is 17.0. The fourth-order valence-corrected chi connectivity index (χ4v) is 6.89. The third-order valence-corrected chi connectivity index (χ3v) is 10.3. The van der Waals surface area contributed by atoms with Crippen LogP contribution >= 0.6 is 46.4 Å². The Morgan fingerprint density at radius 3 is 2.09 bits per heavy atom. The molecule has 4 rings (SSSR count). The van der Waals surface area contributed by atoms with Gasteiger partial charge in [-0.2, -0.15) is 0 Å². The molecule has 0 unspecified atom stereocenters. The van der Waals surface area contributed by atoms with Gasteiger partial charge in [-0.3, -0.25) is 13.9 Å². The molecule has 4 aromatic rings. The smallest absolute Gasteiger partial charge is 0.264 e. The van der Waals surface area contributed by atoms with E-state index >= 15 is 0 Å². The SMILES string of the molecule is CCCNC(=O)[C@H](Cc1ccccc1)N(Cc1ccc(Cl)c(Cl)c1)C(=O)CN(c1cccc(Cl)c1Cl)S(=O)(=O)c1ccccc1. The summed E-state index contributed by atoms with van der Waals surface area (Å²) in [6.07, 6.45) is 0.855. The van der Waals surface area contributed by atoms with Crippen molar-refractivity contribution in [3.8, 4) is 0 Å². The molecule has 45 heavy (non-hydrogen) atoms.